The molecule has 1 unspecified atom stereocenters. The lowest BCUT2D eigenvalue weighted by Gasteiger charge is -2.37. The van der Waals surface area contributed by atoms with Gasteiger partial charge in [-0.1, -0.05) is 0 Å². The summed E-state index contributed by atoms with van der Waals surface area (Å²) in [6.45, 7) is 7.87. The molecule has 86 valence electrons. The van der Waals surface area contributed by atoms with E-state index in [1.807, 2.05) is 11.8 Å². The fourth-order valence-corrected chi connectivity index (χ4v) is 2.72. The highest BCUT2D eigenvalue weighted by atomic mass is 16.5. The lowest BCUT2D eigenvalue weighted by atomic mass is 9.96. The fourth-order valence-electron chi connectivity index (χ4n) is 2.72. The molecule has 0 aliphatic carbocycles. The second-order valence-corrected chi connectivity index (χ2v) is 5.56. The van der Waals surface area contributed by atoms with E-state index in [0.717, 1.165) is 38.8 Å². The van der Waals surface area contributed by atoms with E-state index in [4.69, 9.17) is 4.74 Å². The number of carbonyl (C=O) groups excluding carboxylic acids is 1. The second-order valence-electron chi connectivity index (χ2n) is 5.56. The number of rotatable bonds is 1. The van der Waals surface area contributed by atoms with Crippen molar-refractivity contribution in [3.05, 3.63) is 0 Å². The standard InChI is InChI=1S/C12H21NO2/c1-11(2)6-4-8-13(11)10(14)12(3)7-5-9-15-12/h4-9H2,1-3H3. The molecule has 2 heterocycles. The molecule has 0 aromatic heterocycles. The third kappa shape index (κ3) is 1.78. The van der Waals surface area contributed by atoms with Crippen molar-refractivity contribution in [2.75, 3.05) is 13.2 Å². The van der Waals surface area contributed by atoms with Gasteiger partial charge in [-0.2, -0.15) is 0 Å². The average molecular weight is 211 g/mol. The van der Waals surface area contributed by atoms with Gasteiger partial charge in [-0.05, 0) is 46.5 Å². The minimum absolute atomic E-state index is 0.0199. The lowest BCUT2D eigenvalue weighted by Crippen LogP contribution is -2.52. The minimum Gasteiger partial charge on any atom is -0.365 e. The highest BCUT2D eigenvalue weighted by Crippen LogP contribution is 2.34. The third-order valence-electron chi connectivity index (χ3n) is 3.82. The molecule has 0 saturated carbocycles. The van der Waals surface area contributed by atoms with Crippen molar-refractivity contribution in [2.45, 2.75) is 57.6 Å². The molecule has 2 aliphatic rings. The minimum atomic E-state index is -0.540. The van der Waals surface area contributed by atoms with Gasteiger partial charge in [0, 0.05) is 18.7 Å². The number of ether oxygens (including phenoxy) is 1. The summed E-state index contributed by atoms with van der Waals surface area (Å²) in [6.07, 6.45) is 4.11. The maximum Gasteiger partial charge on any atom is 0.254 e. The Hall–Kier alpha value is -0.570. The van der Waals surface area contributed by atoms with Crippen LogP contribution in [0.5, 0.6) is 0 Å². The predicted octanol–water partition coefficient (Wildman–Crippen LogP) is 1.96. The van der Waals surface area contributed by atoms with Crippen molar-refractivity contribution < 1.29 is 9.53 Å². The Labute approximate surface area is 91.8 Å². The Morgan fingerprint density at radius 1 is 1.20 bits per heavy atom. The van der Waals surface area contributed by atoms with Crippen LogP contribution >= 0.6 is 0 Å². The zero-order chi connectivity index (χ0) is 11.1. The summed E-state index contributed by atoms with van der Waals surface area (Å²) in [4.78, 5) is 14.4. The Kier molecular flexibility index (Phi) is 2.53. The van der Waals surface area contributed by atoms with Gasteiger partial charge in [-0.25, -0.2) is 0 Å². The normalized spacial score (nSPS) is 34.7. The molecule has 2 aliphatic heterocycles. The van der Waals surface area contributed by atoms with Crippen LogP contribution in [-0.2, 0) is 9.53 Å². The molecule has 0 spiro atoms. The van der Waals surface area contributed by atoms with E-state index in [-0.39, 0.29) is 11.4 Å². The summed E-state index contributed by atoms with van der Waals surface area (Å²) in [5, 5.41) is 0. The molecule has 0 aromatic carbocycles. The van der Waals surface area contributed by atoms with Gasteiger partial charge >= 0.3 is 0 Å². The zero-order valence-electron chi connectivity index (χ0n) is 10.0. The van der Waals surface area contributed by atoms with Gasteiger partial charge in [-0.15, -0.1) is 0 Å². The maximum atomic E-state index is 12.4. The van der Waals surface area contributed by atoms with E-state index in [0.29, 0.717) is 0 Å². The van der Waals surface area contributed by atoms with Crippen molar-refractivity contribution in [3.63, 3.8) is 0 Å². The van der Waals surface area contributed by atoms with Crippen LogP contribution in [0.2, 0.25) is 0 Å². The first-order valence-electron chi connectivity index (χ1n) is 5.92. The molecule has 1 atom stereocenters. The van der Waals surface area contributed by atoms with Gasteiger partial charge in [0.05, 0.1) is 0 Å². The molecule has 2 rings (SSSR count). The molecule has 3 nitrogen and oxygen atoms in total. The van der Waals surface area contributed by atoms with Crippen LogP contribution in [0.15, 0.2) is 0 Å². The Morgan fingerprint density at radius 3 is 2.40 bits per heavy atom. The lowest BCUT2D eigenvalue weighted by molar-refractivity contribution is -0.154. The first-order chi connectivity index (χ1) is 6.96. The Morgan fingerprint density at radius 2 is 1.93 bits per heavy atom. The molecule has 2 fully saturated rings. The van der Waals surface area contributed by atoms with Crippen LogP contribution in [0, 0.1) is 0 Å². The number of amides is 1. The Bertz CT molecular complexity index is 267. The van der Waals surface area contributed by atoms with Crippen molar-refractivity contribution in [1.29, 1.82) is 0 Å². The van der Waals surface area contributed by atoms with Gasteiger partial charge in [0.25, 0.3) is 5.91 Å². The van der Waals surface area contributed by atoms with E-state index in [1.165, 1.54) is 0 Å². The first-order valence-corrected chi connectivity index (χ1v) is 5.92. The summed E-state index contributed by atoms with van der Waals surface area (Å²) < 4.78 is 5.62. The average Bonchev–Trinajstić information content (AvgIpc) is 2.72. The van der Waals surface area contributed by atoms with E-state index < -0.39 is 5.60 Å². The number of likely N-dealkylation sites (tertiary alicyclic amines) is 1. The maximum absolute atomic E-state index is 12.4. The van der Waals surface area contributed by atoms with Crippen LogP contribution in [0.3, 0.4) is 0 Å². The van der Waals surface area contributed by atoms with Gasteiger partial charge in [0.15, 0.2) is 0 Å². The number of hydrogen-bond acceptors (Lipinski definition) is 2. The molecule has 15 heavy (non-hydrogen) atoms. The van der Waals surface area contributed by atoms with E-state index in [2.05, 4.69) is 13.8 Å². The van der Waals surface area contributed by atoms with Gasteiger partial charge in [0.1, 0.15) is 5.60 Å². The summed E-state index contributed by atoms with van der Waals surface area (Å²) in [5.74, 6) is 0.197. The van der Waals surface area contributed by atoms with E-state index in [9.17, 15) is 4.79 Å². The number of hydrogen-bond donors (Lipinski definition) is 0. The largest absolute Gasteiger partial charge is 0.365 e. The van der Waals surface area contributed by atoms with Gasteiger partial charge < -0.3 is 9.64 Å². The van der Waals surface area contributed by atoms with E-state index >= 15 is 0 Å². The smallest absolute Gasteiger partial charge is 0.254 e. The number of carbonyl (C=O) groups is 1. The SMILES string of the molecule is CC1(C(=O)N2CCCC2(C)C)CCCO1. The summed E-state index contributed by atoms with van der Waals surface area (Å²) in [6, 6.07) is 0. The highest BCUT2D eigenvalue weighted by molar-refractivity contribution is 5.86. The van der Waals surface area contributed by atoms with Gasteiger partial charge in [0.2, 0.25) is 0 Å². The quantitative estimate of drug-likeness (QED) is 0.663. The molecular weight excluding hydrogens is 190 g/mol. The summed E-state index contributed by atoms with van der Waals surface area (Å²) in [7, 11) is 0. The molecular formula is C12H21NO2. The monoisotopic (exact) mass is 211 g/mol. The summed E-state index contributed by atoms with van der Waals surface area (Å²) >= 11 is 0. The zero-order valence-corrected chi connectivity index (χ0v) is 10.0. The summed E-state index contributed by atoms with van der Waals surface area (Å²) in [5.41, 5.74) is -0.520. The third-order valence-corrected chi connectivity index (χ3v) is 3.82. The molecule has 0 radical (unpaired) electrons. The molecule has 3 heteroatoms. The second kappa shape index (κ2) is 3.48. The van der Waals surface area contributed by atoms with Crippen molar-refractivity contribution >= 4 is 5.91 Å². The number of nitrogens with zero attached hydrogens (tertiary/aromatic N) is 1. The predicted molar refractivity (Wildman–Crippen MR) is 58.6 cm³/mol. The van der Waals surface area contributed by atoms with Crippen molar-refractivity contribution in [3.8, 4) is 0 Å². The van der Waals surface area contributed by atoms with E-state index in [1.54, 1.807) is 0 Å². The molecule has 1 amide bonds. The molecule has 0 N–H and O–H groups in total. The van der Waals surface area contributed by atoms with Crippen molar-refractivity contribution in [2.24, 2.45) is 0 Å². The fraction of sp³-hybridized carbons (Fsp3) is 0.917. The highest BCUT2D eigenvalue weighted by Gasteiger charge is 2.46. The van der Waals surface area contributed by atoms with Gasteiger partial charge in [-0.3, -0.25) is 4.79 Å². The topological polar surface area (TPSA) is 29.5 Å². The van der Waals surface area contributed by atoms with Crippen LogP contribution in [0.4, 0.5) is 0 Å². The van der Waals surface area contributed by atoms with Crippen LogP contribution < -0.4 is 0 Å². The molecule has 0 aromatic rings. The molecule has 0 bridgehead atoms. The van der Waals surface area contributed by atoms with Crippen LogP contribution in [0.1, 0.15) is 46.5 Å². The van der Waals surface area contributed by atoms with Crippen LogP contribution in [0.25, 0.3) is 0 Å². The van der Waals surface area contributed by atoms with Crippen LogP contribution in [-0.4, -0.2) is 35.1 Å². The first kappa shape index (κ1) is 10.9. The Balaban J connectivity index is 2.13. The van der Waals surface area contributed by atoms with Crippen molar-refractivity contribution in [1.82, 2.24) is 4.90 Å². The molecule has 2 saturated heterocycles.